The van der Waals surface area contributed by atoms with E-state index in [1.165, 1.54) is 0 Å². The Morgan fingerprint density at radius 1 is 1.14 bits per heavy atom. The van der Waals surface area contributed by atoms with Gasteiger partial charge in [-0.25, -0.2) is 0 Å². The number of aromatic amines is 1. The lowest BCUT2D eigenvalue weighted by atomic mass is 9.94. The van der Waals surface area contributed by atoms with Gasteiger partial charge in [0.2, 0.25) is 5.91 Å². The number of phenolic OH excluding ortho intramolecular Hbond substituents is 1. The van der Waals surface area contributed by atoms with Crippen molar-refractivity contribution in [2.24, 2.45) is 0 Å². The molecule has 0 saturated carbocycles. The number of hydrogen-bond donors (Lipinski definition) is 2. The largest absolute Gasteiger partial charge is 0.508 e. The molecule has 3 heterocycles. The Morgan fingerprint density at radius 2 is 1.90 bits per heavy atom. The number of benzene rings is 1. The number of carbonyl (C=O) groups is 2. The molecule has 2 saturated heterocycles. The number of nitrogens with zero attached hydrogens (tertiary/aromatic N) is 3. The molecule has 2 fully saturated rings. The van der Waals surface area contributed by atoms with Gasteiger partial charge in [-0.15, -0.1) is 0 Å². The average molecular weight is 398 g/mol. The van der Waals surface area contributed by atoms with Crippen LogP contribution in [-0.4, -0.2) is 76.3 Å². The van der Waals surface area contributed by atoms with Crippen molar-refractivity contribution in [3.8, 4) is 5.75 Å². The molecule has 2 aromatic rings. The summed E-state index contributed by atoms with van der Waals surface area (Å²) < 4.78 is 5.30. The van der Waals surface area contributed by atoms with Crippen molar-refractivity contribution in [2.75, 3.05) is 39.4 Å². The number of carbonyl (C=O) groups excluding carboxylic acids is 2. The monoisotopic (exact) mass is 398 g/mol. The predicted molar refractivity (Wildman–Crippen MR) is 106 cm³/mol. The van der Waals surface area contributed by atoms with E-state index < -0.39 is 0 Å². The summed E-state index contributed by atoms with van der Waals surface area (Å²) in [5.41, 5.74) is 2.22. The first kappa shape index (κ1) is 19.4. The van der Waals surface area contributed by atoms with Crippen LogP contribution in [0.15, 0.2) is 30.3 Å². The molecule has 2 amide bonds. The minimum Gasteiger partial charge on any atom is -0.508 e. The van der Waals surface area contributed by atoms with Crippen LogP contribution in [0.1, 0.15) is 40.5 Å². The summed E-state index contributed by atoms with van der Waals surface area (Å²) in [5, 5.41) is 16.6. The lowest BCUT2D eigenvalue weighted by Crippen LogP contribution is -2.40. The maximum atomic E-state index is 12.7. The van der Waals surface area contributed by atoms with E-state index in [0.717, 1.165) is 30.6 Å². The highest BCUT2D eigenvalue weighted by molar-refractivity contribution is 5.92. The van der Waals surface area contributed by atoms with Gasteiger partial charge in [0.1, 0.15) is 11.4 Å². The summed E-state index contributed by atoms with van der Waals surface area (Å²) >= 11 is 0. The lowest BCUT2D eigenvalue weighted by molar-refractivity contribution is -0.131. The van der Waals surface area contributed by atoms with Crippen molar-refractivity contribution in [3.63, 3.8) is 0 Å². The third-order valence-corrected chi connectivity index (χ3v) is 5.62. The van der Waals surface area contributed by atoms with Crippen molar-refractivity contribution >= 4 is 11.8 Å². The number of H-pyrrole nitrogens is 1. The standard InChI is InChI=1S/C21H26N4O4/c26-17-5-3-15(4-6-17)12-20(27)25-7-1-2-16(14-25)18-13-19(23-22-18)21(28)24-8-10-29-11-9-24/h3-6,13,16,26H,1-2,7-12,14H2,(H,22,23)/t16-/m1/s1. The molecule has 1 aromatic heterocycles. The molecular weight excluding hydrogens is 372 g/mol. The maximum absolute atomic E-state index is 12.7. The number of nitrogens with one attached hydrogen (secondary N) is 1. The second-order valence-corrected chi connectivity index (χ2v) is 7.64. The van der Waals surface area contributed by atoms with Gasteiger partial charge in [-0.2, -0.15) is 5.10 Å². The normalized spacial score (nSPS) is 19.9. The van der Waals surface area contributed by atoms with Gasteiger partial charge in [0, 0.05) is 37.8 Å². The number of piperidine rings is 1. The third kappa shape index (κ3) is 4.59. The van der Waals surface area contributed by atoms with E-state index in [1.807, 2.05) is 11.0 Å². The Balaban J connectivity index is 1.38. The Hall–Kier alpha value is -2.87. The number of aromatic hydroxyl groups is 1. The molecule has 1 aromatic carbocycles. The first-order valence-corrected chi connectivity index (χ1v) is 10.1. The highest BCUT2D eigenvalue weighted by atomic mass is 16.5. The third-order valence-electron chi connectivity index (χ3n) is 5.62. The van der Waals surface area contributed by atoms with Crippen LogP contribution in [0, 0.1) is 0 Å². The first-order chi connectivity index (χ1) is 14.1. The van der Waals surface area contributed by atoms with Crippen LogP contribution in [0.3, 0.4) is 0 Å². The van der Waals surface area contributed by atoms with Crippen molar-refractivity contribution in [3.05, 3.63) is 47.3 Å². The molecule has 154 valence electrons. The Bertz CT molecular complexity index is 858. The van der Waals surface area contributed by atoms with Crippen LogP contribution < -0.4 is 0 Å². The van der Waals surface area contributed by atoms with Gasteiger partial charge in [0.25, 0.3) is 5.91 Å². The highest BCUT2D eigenvalue weighted by Gasteiger charge is 2.28. The minimum atomic E-state index is -0.0770. The molecule has 0 unspecified atom stereocenters. The molecule has 0 radical (unpaired) electrons. The van der Waals surface area contributed by atoms with Gasteiger partial charge in [-0.05, 0) is 36.6 Å². The topological polar surface area (TPSA) is 98.8 Å². The Labute approximate surface area is 169 Å². The molecule has 2 N–H and O–H groups in total. The minimum absolute atomic E-state index is 0.0736. The summed E-state index contributed by atoms with van der Waals surface area (Å²) in [6, 6.07) is 8.56. The molecule has 0 bridgehead atoms. The van der Waals surface area contributed by atoms with E-state index in [0.29, 0.717) is 45.0 Å². The molecule has 29 heavy (non-hydrogen) atoms. The van der Waals surface area contributed by atoms with Gasteiger partial charge in [-0.1, -0.05) is 12.1 Å². The van der Waals surface area contributed by atoms with E-state index in [2.05, 4.69) is 10.2 Å². The van der Waals surface area contributed by atoms with Gasteiger partial charge in [0.05, 0.1) is 19.6 Å². The fourth-order valence-corrected chi connectivity index (χ4v) is 3.94. The number of ether oxygens (including phenoxy) is 1. The van der Waals surface area contributed by atoms with Crippen molar-refractivity contribution in [1.82, 2.24) is 20.0 Å². The number of aromatic nitrogens is 2. The van der Waals surface area contributed by atoms with E-state index in [9.17, 15) is 14.7 Å². The fourth-order valence-electron chi connectivity index (χ4n) is 3.94. The smallest absolute Gasteiger partial charge is 0.274 e. The molecule has 0 aliphatic carbocycles. The lowest BCUT2D eigenvalue weighted by Gasteiger charge is -2.32. The summed E-state index contributed by atoms with van der Waals surface area (Å²) in [4.78, 5) is 29.0. The molecular formula is C21H26N4O4. The second kappa shape index (κ2) is 8.65. The maximum Gasteiger partial charge on any atom is 0.274 e. The Morgan fingerprint density at radius 3 is 2.66 bits per heavy atom. The van der Waals surface area contributed by atoms with Gasteiger partial charge >= 0.3 is 0 Å². The number of rotatable bonds is 4. The molecule has 2 aliphatic rings. The van der Waals surface area contributed by atoms with Crippen LogP contribution in [0.4, 0.5) is 0 Å². The van der Waals surface area contributed by atoms with Crippen LogP contribution >= 0.6 is 0 Å². The van der Waals surface area contributed by atoms with Crippen LogP contribution in [0.5, 0.6) is 5.75 Å². The van der Waals surface area contributed by atoms with E-state index >= 15 is 0 Å². The number of morpholine rings is 1. The zero-order valence-corrected chi connectivity index (χ0v) is 16.3. The number of phenols is 1. The molecule has 0 spiro atoms. The van der Waals surface area contributed by atoms with Crippen LogP contribution in [0.2, 0.25) is 0 Å². The molecule has 8 heteroatoms. The Kier molecular flexibility index (Phi) is 5.80. The SMILES string of the molecule is O=C(Cc1ccc(O)cc1)N1CCC[C@@H](c2cc(C(=O)N3CCOCC3)n[nH]2)C1. The average Bonchev–Trinajstić information content (AvgIpc) is 3.26. The second-order valence-electron chi connectivity index (χ2n) is 7.64. The molecule has 1 atom stereocenters. The highest BCUT2D eigenvalue weighted by Crippen LogP contribution is 2.27. The zero-order valence-electron chi connectivity index (χ0n) is 16.3. The summed E-state index contributed by atoms with van der Waals surface area (Å²) in [5.74, 6) is 0.337. The van der Waals surface area contributed by atoms with Crippen LogP contribution in [-0.2, 0) is 16.0 Å². The first-order valence-electron chi connectivity index (χ1n) is 10.1. The quantitative estimate of drug-likeness (QED) is 0.814. The molecule has 4 rings (SSSR count). The summed E-state index contributed by atoms with van der Waals surface area (Å²) in [7, 11) is 0. The van der Waals surface area contributed by atoms with Crippen molar-refractivity contribution in [1.29, 1.82) is 0 Å². The van der Waals surface area contributed by atoms with Gasteiger partial charge in [-0.3, -0.25) is 14.7 Å². The molecule has 2 aliphatic heterocycles. The number of hydrogen-bond acceptors (Lipinski definition) is 5. The van der Waals surface area contributed by atoms with E-state index in [1.54, 1.807) is 29.2 Å². The van der Waals surface area contributed by atoms with Crippen molar-refractivity contribution in [2.45, 2.75) is 25.2 Å². The van der Waals surface area contributed by atoms with E-state index in [-0.39, 0.29) is 23.5 Å². The van der Waals surface area contributed by atoms with Crippen molar-refractivity contribution < 1.29 is 19.4 Å². The van der Waals surface area contributed by atoms with Gasteiger partial charge in [0.15, 0.2) is 0 Å². The van der Waals surface area contributed by atoms with Crippen LogP contribution in [0.25, 0.3) is 0 Å². The summed E-state index contributed by atoms with van der Waals surface area (Å²) in [6.07, 6.45) is 2.19. The summed E-state index contributed by atoms with van der Waals surface area (Å²) in [6.45, 7) is 3.65. The predicted octanol–water partition coefficient (Wildman–Crippen LogP) is 1.54. The fraction of sp³-hybridized carbons (Fsp3) is 0.476. The number of amides is 2. The molecule has 8 nitrogen and oxygen atoms in total. The number of likely N-dealkylation sites (tertiary alicyclic amines) is 1. The van der Waals surface area contributed by atoms with E-state index in [4.69, 9.17) is 4.74 Å². The zero-order chi connectivity index (χ0) is 20.2. The van der Waals surface area contributed by atoms with Gasteiger partial charge < -0.3 is 19.6 Å².